The number of aliphatic carboxylic acids is 1. The zero-order valence-corrected chi connectivity index (χ0v) is 13.0. The summed E-state index contributed by atoms with van der Waals surface area (Å²) >= 11 is 9.65. The fraction of sp³-hybridized carbons (Fsp3) is 0.909. The lowest BCUT2D eigenvalue weighted by atomic mass is 9.82. The molecule has 2 nitrogen and oxygen atoms in total. The van der Waals surface area contributed by atoms with Crippen molar-refractivity contribution in [3.63, 3.8) is 0 Å². The Bertz CT molecular complexity index is 223. The molecule has 0 aliphatic carbocycles. The third kappa shape index (κ3) is 4.41. The Kier molecular flexibility index (Phi) is 6.66. The molecule has 0 atom stereocenters. The second-order valence-corrected chi connectivity index (χ2v) is 8.08. The molecule has 0 aromatic carbocycles. The molecule has 1 aliphatic heterocycles. The van der Waals surface area contributed by atoms with Crippen molar-refractivity contribution in [2.45, 2.75) is 43.6 Å². The summed E-state index contributed by atoms with van der Waals surface area (Å²) in [4.78, 5) is 10.8. The highest BCUT2D eigenvalue weighted by molar-refractivity contribution is 8.03. The molecule has 0 spiro atoms. The Hall–Kier alpha value is 0.520. The maximum absolute atomic E-state index is 10.8. The van der Waals surface area contributed by atoms with Crippen LogP contribution in [0.3, 0.4) is 0 Å². The number of carboxylic acid groups (broad SMARTS) is 1. The number of carbonyl (C=O) groups is 1. The minimum absolute atomic E-state index is 0.0880. The molecule has 1 aliphatic rings. The van der Waals surface area contributed by atoms with Gasteiger partial charge in [-0.25, -0.2) is 0 Å². The number of carboxylic acids is 1. The zero-order chi connectivity index (χ0) is 13.0. The first-order valence-corrected chi connectivity index (χ1v) is 7.42. The molecular weight excluding hydrogens is 260 g/mol. The molecule has 0 bridgehead atoms. The van der Waals surface area contributed by atoms with Gasteiger partial charge in [-0.15, -0.1) is 11.8 Å². The second kappa shape index (κ2) is 6.45. The third-order valence-corrected chi connectivity index (χ3v) is 4.64. The van der Waals surface area contributed by atoms with Gasteiger partial charge in [0.05, 0.1) is 5.92 Å². The van der Waals surface area contributed by atoms with Crippen LogP contribution in [0, 0.1) is 5.92 Å². The van der Waals surface area contributed by atoms with E-state index in [9.17, 15) is 4.79 Å². The summed E-state index contributed by atoms with van der Waals surface area (Å²) in [5.41, 5.74) is 0. The first-order chi connectivity index (χ1) is 7.19. The van der Waals surface area contributed by atoms with Crippen LogP contribution in [0.2, 0.25) is 0 Å². The van der Waals surface area contributed by atoms with Gasteiger partial charge in [-0.2, -0.15) is 25.3 Å². The van der Waals surface area contributed by atoms with Gasteiger partial charge < -0.3 is 5.11 Å². The maximum atomic E-state index is 10.8. The van der Waals surface area contributed by atoms with Crippen LogP contribution >= 0.6 is 37.0 Å². The normalized spacial score (nSPS) is 21.6. The van der Waals surface area contributed by atoms with Crippen molar-refractivity contribution in [2.75, 3.05) is 11.5 Å². The Morgan fingerprint density at radius 3 is 1.62 bits per heavy atom. The largest absolute Gasteiger partial charge is 0.481 e. The van der Waals surface area contributed by atoms with Crippen LogP contribution in [0.25, 0.3) is 0 Å². The van der Waals surface area contributed by atoms with Crippen molar-refractivity contribution >= 4 is 43.0 Å². The van der Waals surface area contributed by atoms with Crippen LogP contribution in [-0.2, 0) is 4.79 Å². The fourth-order valence-electron chi connectivity index (χ4n) is 2.24. The van der Waals surface area contributed by atoms with E-state index in [1.807, 2.05) is 27.7 Å². The van der Waals surface area contributed by atoms with Crippen molar-refractivity contribution in [2.24, 2.45) is 5.92 Å². The summed E-state index contributed by atoms with van der Waals surface area (Å²) in [7, 11) is 0. The lowest BCUT2D eigenvalue weighted by Gasteiger charge is -2.54. The SMILES string of the molecule is CC1(C)SC(C)(C)C1C(=O)O.SCCCS. The quantitative estimate of drug-likeness (QED) is 0.696. The summed E-state index contributed by atoms with van der Waals surface area (Å²) in [5.74, 6) is 1.05. The minimum Gasteiger partial charge on any atom is -0.481 e. The van der Waals surface area contributed by atoms with Gasteiger partial charge >= 0.3 is 5.97 Å². The van der Waals surface area contributed by atoms with E-state index >= 15 is 0 Å². The molecule has 0 aromatic rings. The highest BCUT2D eigenvalue weighted by Crippen LogP contribution is 2.59. The molecule has 1 N–H and O–H groups in total. The summed E-state index contributed by atoms with van der Waals surface area (Å²) in [6.07, 6.45) is 1.12. The summed E-state index contributed by atoms with van der Waals surface area (Å²) < 4.78 is -0.176. The topological polar surface area (TPSA) is 37.3 Å². The highest BCUT2D eigenvalue weighted by Gasteiger charge is 2.57. The van der Waals surface area contributed by atoms with Crippen molar-refractivity contribution in [1.29, 1.82) is 0 Å². The average molecular weight is 282 g/mol. The van der Waals surface area contributed by atoms with Crippen LogP contribution in [0.5, 0.6) is 0 Å². The van der Waals surface area contributed by atoms with E-state index in [1.165, 1.54) is 0 Å². The Morgan fingerprint density at radius 2 is 1.56 bits per heavy atom. The van der Waals surface area contributed by atoms with Crippen LogP contribution in [0.1, 0.15) is 34.1 Å². The molecule has 1 saturated heterocycles. The van der Waals surface area contributed by atoms with Gasteiger partial charge in [0, 0.05) is 9.49 Å². The lowest BCUT2D eigenvalue weighted by molar-refractivity contribution is -0.144. The van der Waals surface area contributed by atoms with E-state index in [-0.39, 0.29) is 15.4 Å². The van der Waals surface area contributed by atoms with Crippen molar-refractivity contribution in [3.05, 3.63) is 0 Å². The van der Waals surface area contributed by atoms with E-state index in [4.69, 9.17) is 5.11 Å². The summed E-state index contributed by atoms with van der Waals surface area (Å²) in [5, 5.41) is 8.89. The first-order valence-electron chi connectivity index (χ1n) is 5.33. The molecule has 16 heavy (non-hydrogen) atoms. The van der Waals surface area contributed by atoms with Crippen molar-refractivity contribution < 1.29 is 9.90 Å². The molecule has 0 unspecified atom stereocenters. The monoisotopic (exact) mass is 282 g/mol. The molecule has 96 valence electrons. The number of hydrogen-bond acceptors (Lipinski definition) is 4. The second-order valence-electron chi connectivity index (χ2n) is 4.88. The lowest BCUT2D eigenvalue weighted by Crippen LogP contribution is -2.57. The molecule has 5 heteroatoms. The summed E-state index contributed by atoms with van der Waals surface area (Å²) in [6.45, 7) is 7.95. The molecule has 1 heterocycles. The number of hydrogen-bond donors (Lipinski definition) is 3. The molecule has 1 rings (SSSR count). The van der Waals surface area contributed by atoms with Gasteiger partial charge in [-0.05, 0) is 45.6 Å². The van der Waals surface area contributed by atoms with Gasteiger partial charge in [-0.3, -0.25) is 4.79 Å². The Labute approximate surface area is 114 Å². The van der Waals surface area contributed by atoms with E-state index in [1.54, 1.807) is 11.8 Å². The molecular formula is C11H22O2S3. The van der Waals surface area contributed by atoms with Gasteiger partial charge in [0.1, 0.15) is 0 Å². The number of thioether (sulfide) groups is 1. The summed E-state index contributed by atoms with van der Waals surface area (Å²) in [6, 6.07) is 0. The molecule has 1 fully saturated rings. The van der Waals surface area contributed by atoms with E-state index < -0.39 is 5.97 Å². The van der Waals surface area contributed by atoms with E-state index in [0.29, 0.717) is 0 Å². The van der Waals surface area contributed by atoms with Crippen LogP contribution in [0.4, 0.5) is 0 Å². The van der Waals surface area contributed by atoms with Crippen molar-refractivity contribution in [1.82, 2.24) is 0 Å². The smallest absolute Gasteiger partial charge is 0.309 e. The minimum atomic E-state index is -0.668. The number of rotatable bonds is 3. The first kappa shape index (κ1) is 16.5. The fourth-order valence-corrected chi connectivity index (χ4v) is 5.00. The predicted molar refractivity (Wildman–Crippen MR) is 79.2 cm³/mol. The Morgan fingerprint density at radius 1 is 1.19 bits per heavy atom. The highest BCUT2D eigenvalue weighted by atomic mass is 32.2. The van der Waals surface area contributed by atoms with Gasteiger partial charge in [0.2, 0.25) is 0 Å². The maximum Gasteiger partial charge on any atom is 0.309 e. The molecule has 0 radical (unpaired) electrons. The third-order valence-electron chi connectivity index (χ3n) is 2.48. The average Bonchev–Trinajstić information content (AvgIpc) is 2.00. The predicted octanol–water partition coefficient (Wildman–Crippen LogP) is 3.23. The standard InChI is InChI=1S/C8H14O2S.C3H8S2/c1-7(2)5(6(9)10)8(3,4)11-7;4-2-1-3-5/h5H,1-4H3,(H,9,10);4-5H,1-3H2. The Balaban J connectivity index is 0.000000385. The van der Waals surface area contributed by atoms with E-state index in [2.05, 4.69) is 25.3 Å². The van der Waals surface area contributed by atoms with Gasteiger partial charge in [0.15, 0.2) is 0 Å². The van der Waals surface area contributed by atoms with Gasteiger partial charge in [0.25, 0.3) is 0 Å². The van der Waals surface area contributed by atoms with Gasteiger partial charge in [-0.1, -0.05) is 0 Å². The van der Waals surface area contributed by atoms with Crippen LogP contribution < -0.4 is 0 Å². The van der Waals surface area contributed by atoms with Crippen LogP contribution in [0.15, 0.2) is 0 Å². The van der Waals surface area contributed by atoms with Crippen molar-refractivity contribution in [3.8, 4) is 0 Å². The van der Waals surface area contributed by atoms with E-state index in [0.717, 1.165) is 17.9 Å². The molecule has 0 aromatic heterocycles. The molecule has 0 amide bonds. The number of thiol groups is 2. The zero-order valence-electron chi connectivity index (χ0n) is 10.4. The van der Waals surface area contributed by atoms with Crippen LogP contribution in [-0.4, -0.2) is 32.1 Å². The molecule has 0 saturated carbocycles.